The maximum absolute atomic E-state index is 12.8. The highest BCUT2D eigenvalue weighted by Gasteiger charge is 2.53. The van der Waals surface area contributed by atoms with Gasteiger partial charge >= 0.3 is 5.97 Å². The van der Waals surface area contributed by atoms with Crippen LogP contribution in [0.1, 0.15) is 12.5 Å². The molecule has 104 valence electrons. The zero-order valence-electron chi connectivity index (χ0n) is 10.8. The third-order valence-corrected chi connectivity index (χ3v) is 5.87. The Bertz CT molecular complexity index is 659. The molecule has 6 heteroatoms. The number of rotatable bonds is 4. The molecule has 0 spiro atoms. The highest BCUT2D eigenvalue weighted by Crippen LogP contribution is 2.58. The Morgan fingerprint density at radius 1 is 1.15 bits per heavy atom. The number of aromatic nitrogens is 1. The van der Waals surface area contributed by atoms with Crippen LogP contribution in [0.2, 0.25) is 0 Å². The third kappa shape index (κ3) is 2.15. The average Bonchev–Trinajstić information content (AvgIpc) is 2.47. The van der Waals surface area contributed by atoms with Gasteiger partial charge in [0.15, 0.2) is 5.16 Å². The highest BCUT2D eigenvalue weighted by molar-refractivity contribution is 7.67. The summed E-state index contributed by atoms with van der Waals surface area (Å²) >= 11 is 0. The molecule has 2 aromatic rings. The Hall–Kier alpha value is -1.97. The van der Waals surface area contributed by atoms with Crippen molar-refractivity contribution in [2.45, 2.75) is 12.1 Å². The Morgan fingerprint density at radius 3 is 2.25 bits per heavy atom. The third-order valence-electron chi connectivity index (χ3n) is 3.32. The first kappa shape index (κ1) is 14.4. The van der Waals surface area contributed by atoms with Crippen LogP contribution in [-0.4, -0.2) is 21.0 Å². The summed E-state index contributed by atoms with van der Waals surface area (Å²) < 4.78 is 12.8. The van der Waals surface area contributed by atoms with Crippen LogP contribution in [0, 0.1) is 0 Å². The van der Waals surface area contributed by atoms with Gasteiger partial charge in [0.25, 0.3) is 7.37 Å². The molecule has 0 fully saturated rings. The van der Waals surface area contributed by atoms with Crippen molar-refractivity contribution in [3.8, 4) is 0 Å². The fourth-order valence-corrected chi connectivity index (χ4v) is 3.68. The van der Waals surface area contributed by atoms with E-state index >= 15 is 0 Å². The van der Waals surface area contributed by atoms with Crippen molar-refractivity contribution in [2.75, 3.05) is 0 Å². The number of nitrogens with zero attached hydrogens (tertiary/aromatic N) is 1. The first-order chi connectivity index (χ1) is 9.40. The van der Waals surface area contributed by atoms with E-state index < -0.39 is 18.5 Å². The van der Waals surface area contributed by atoms with Crippen molar-refractivity contribution in [3.63, 3.8) is 0 Å². The Morgan fingerprint density at radius 2 is 1.75 bits per heavy atom. The minimum atomic E-state index is -4.26. The number of hydrogen-bond acceptors (Lipinski definition) is 3. The van der Waals surface area contributed by atoms with Gasteiger partial charge in [-0.25, -0.2) is 0 Å². The second kappa shape index (κ2) is 5.19. The monoisotopic (exact) mass is 291 g/mol. The van der Waals surface area contributed by atoms with Crippen LogP contribution < -0.4 is 5.44 Å². The van der Waals surface area contributed by atoms with Crippen molar-refractivity contribution < 1.29 is 19.4 Å². The number of pyridine rings is 1. The van der Waals surface area contributed by atoms with Gasteiger partial charge < -0.3 is 10.00 Å². The topological polar surface area (TPSA) is 87.5 Å². The van der Waals surface area contributed by atoms with Gasteiger partial charge in [-0.15, -0.1) is 0 Å². The summed E-state index contributed by atoms with van der Waals surface area (Å²) in [5.41, 5.74) is 0.151. The SMILES string of the molecule is CC(C(=O)O)(c1ccccc1)P(=O)(O)c1ccccn1. The average molecular weight is 291 g/mol. The number of carbonyl (C=O) groups is 1. The van der Waals surface area contributed by atoms with E-state index in [9.17, 15) is 19.4 Å². The molecule has 2 N–H and O–H groups in total. The zero-order valence-corrected chi connectivity index (χ0v) is 11.7. The second-order valence-electron chi connectivity index (χ2n) is 4.51. The number of aliphatic carboxylic acids is 1. The quantitative estimate of drug-likeness (QED) is 0.841. The largest absolute Gasteiger partial charge is 0.480 e. The lowest BCUT2D eigenvalue weighted by molar-refractivity contribution is -0.140. The molecule has 0 aliphatic carbocycles. The van der Waals surface area contributed by atoms with E-state index in [2.05, 4.69) is 4.98 Å². The number of carboxylic acid groups (broad SMARTS) is 1. The molecule has 0 radical (unpaired) electrons. The normalized spacial score (nSPS) is 16.9. The molecule has 0 bridgehead atoms. The van der Waals surface area contributed by atoms with E-state index in [4.69, 9.17) is 0 Å². The summed E-state index contributed by atoms with van der Waals surface area (Å²) in [6.07, 6.45) is 1.37. The molecule has 0 saturated carbocycles. The van der Waals surface area contributed by atoms with Crippen molar-refractivity contribution >= 4 is 18.8 Å². The first-order valence-corrected chi connectivity index (χ1v) is 7.60. The lowest BCUT2D eigenvalue weighted by Crippen LogP contribution is -2.36. The summed E-state index contributed by atoms with van der Waals surface area (Å²) in [5.74, 6) is -1.36. The van der Waals surface area contributed by atoms with E-state index in [1.807, 2.05) is 0 Å². The summed E-state index contributed by atoms with van der Waals surface area (Å²) in [6, 6.07) is 12.6. The molecule has 0 amide bonds. The Kier molecular flexibility index (Phi) is 3.75. The molecule has 0 saturated heterocycles. The molecule has 0 aliphatic rings. The molecule has 2 rings (SSSR count). The van der Waals surface area contributed by atoms with Gasteiger partial charge in [-0.3, -0.25) is 14.3 Å². The molecule has 2 atom stereocenters. The predicted octanol–water partition coefficient (Wildman–Crippen LogP) is 1.98. The molecule has 1 heterocycles. The number of carboxylic acids is 1. The molecular formula is C14H14NO4P. The van der Waals surface area contributed by atoms with Gasteiger partial charge in [0.1, 0.15) is 5.44 Å². The fraction of sp³-hybridized carbons (Fsp3) is 0.143. The Labute approximate surface area is 116 Å². The van der Waals surface area contributed by atoms with Crippen LogP contribution in [0.4, 0.5) is 0 Å². The van der Waals surface area contributed by atoms with E-state index in [0.717, 1.165) is 0 Å². The van der Waals surface area contributed by atoms with Crippen LogP contribution in [0.15, 0.2) is 54.7 Å². The van der Waals surface area contributed by atoms with E-state index in [1.54, 1.807) is 30.3 Å². The predicted molar refractivity (Wildman–Crippen MR) is 75.1 cm³/mol. The Balaban J connectivity index is 2.66. The molecule has 0 aliphatic heterocycles. The lowest BCUT2D eigenvalue weighted by atomic mass is 10.0. The minimum absolute atomic E-state index is 0.117. The van der Waals surface area contributed by atoms with Crippen molar-refractivity contribution in [1.29, 1.82) is 0 Å². The van der Waals surface area contributed by atoms with Gasteiger partial charge in [0.05, 0.1) is 0 Å². The van der Waals surface area contributed by atoms with E-state index in [1.165, 1.54) is 31.3 Å². The molecule has 5 nitrogen and oxygen atoms in total. The van der Waals surface area contributed by atoms with E-state index in [-0.39, 0.29) is 11.0 Å². The second-order valence-corrected chi connectivity index (χ2v) is 7.01. The summed E-state index contributed by atoms with van der Waals surface area (Å²) in [6.45, 7) is 1.25. The van der Waals surface area contributed by atoms with Crippen LogP contribution in [-0.2, 0) is 14.5 Å². The first-order valence-electron chi connectivity index (χ1n) is 5.94. The summed E-state index contributed by atoms with van der Waals surface area (Å²) in [4.78, 5) is 26.0. The van der Waals surface area contributed by atoms with Gasteiger partial charge in [0.2, 0.25) is 0 Å². The maximum atomic E-state index is 12.8. The van der Waals surface area contributed by atoms with Crippen LogP contribution >= 0.6 is 7.37 Å². The van der Waals surface area contributed by atoms with Crippen molar-refractivity contribution in [2.24, 2.45) is 0 Å². The standard InChI is InChI=1S/C14H14NO4P/c1-14(13(16)17,11-7-3-2-4-8-11)20(18,19)12-9-5-6-10-15-12/h2-10H,1H3,(H,16,17)(H,18,19). The molecular weight excluding hydrogens is 277 g/mol. The van der Waals surface area contributed by atoms with Crippen molar-refractivity contribution in [1.82, 2.24) is 4.98 Å². The number of benzene rings is 1. The van der Waals surface area contributed by atoms with Gasteiger partial charge in [0, 0.05) is 6.20 Å². The smallest absolute Gasteiger partial charge is 0.324 e. The van der Waals surface area contributed by atoms with Crippen LogP contribution in [0.5, 0.6) is 0 Å². The van der Waals surface area contributed by atoms with Crippen molar-refractivity contribution in [3.05, 3.63) is 60.3 Å². The summed E-state index contributed by atoms with van der Waals surface area (Å²) in [7, 11) is -4.26. The van der Waals surface area contributed by atoms with Gasteiger partial charge in [-0.2, -0.15) is 0 Å². The van der Waals surface area contributed by atoms with Crippen LogP contribution in [0.3, 0.4) is 0 Å². The van der Waals surface area contributed by atoms with Gasteiger partial charge in [-0.1, -0.05) is 36.4 Å². The highest BCUT2D eigenvalue weighted by atomic mass is 31.2. The van der Waals surface area contributed by atoms with Gasteiger partial charge in [-0.05, 0) is 24.6 Å². The maximum Gasteiger partial charge on any atom is 0.324 e. The van der Waals surface area contributed by atoms with Crippen LogP contribution in [0.25, 0.3) is 0 Å². The molecule has 1 aromatic carbocycles. The molecule has 2 unspecified atom stereocenters. The lowest BCUT2D eigenvalue weighted by Gasteiger charge is -2.29. The number of hydrogen-bond donors (Lipinski definition) is 2. The molecule has 1 aromatic heterocycles. The molecule has 20 heavy (non-hydrogen) atoms. The summed E-state index contributed by atoms with van der Waals surface area (Å²) in [5, 5.41) is 7.58. The zero-order chi connectivity index (χ0) is 14.8. The minimum Gasteiger partial charge on any atom is -0.480 e. The van der Waals surface area contributed by atoms with E-state index in [0.29, 0.717) is 0 Å². The fourth-order valence-electron chi connectivity index (χ4n) is 1.95.